The Kier molecular flexibility index (Phi) is 9.02. The second-order valence-electron chi connectivity index (χ2n) is 10.1. The Morgan fingerprint density at radius 2 is 0.781 bits per heavy atom. The number of hydrogen-bond donors (Lipinski definition) is 0. The number of benzene rings is 3. The second-order valence-corrected chi connectivity index (χ2v) is 10.1. The van der Waals surface area contributed by atoms with E-state index in [1.54, 1.807) is 0 Å². The summed E-state index contributed by atoms with van der Waals surface area (Å²) in [4.78, 5) is 0. The minimum atomic E-state index is 0.0731. The van der Waals surface area contributed by atoms with Crippen molar-refractivity contribution < 1.29 is 0 Å². The first kappa shape index (κ1) is 25.1. The topological polar surface area (TPSA) is 0 Å². The SMILES string of the molecule is C=Cc1ccccc1.CC(C)(C)C(=Cc1ccccc1)C(=Cc1ccccc1)C(C)(C)C. The second kappa shape index (κ2) is 11.5. The maximum atomic E-state index is 3.63. The van der Waals surface area contributed by atoms with E-state index in [1.807, 2.05) is 36.4 Å². The average Bonchev–Trinajstić information content (AvgIpc) is 2.77. The average molecular weight is 423 g/mol. The van der Waals surface area contributed by atoms with Crippen LogP contribution in [0.5, 0.6) is 0 Å². The highest BCUT2D eigenvalue weighted by Gasteiger charge is 2.28. The monoisotopic (exact) mass is 422 g/mol. The van der Waals surface area contributed by atoms with Crippen LogP contribution in [0.15, 0.2) is 109 Å². The third-order valence-electron chi connectivity index (χ3n) is 5.16. The van der Waals surface area contributed by atoms with Gasteiger partial charge in [-0.15, -0.1) is 0 Å². The van der Waals surface area contributed by atoms with Gasteiger partial charge >= 0.3 is 0 Å². The van der Waals surface area contributed by atoms with Crippen LogP contribution in [0.3, 0.4) is 0 Å². The van der Waals surface area contributed by atoms with E-state index in [0.717, 1.165) is 0 Å². The number of hydrogen-bond acceptors (Lipinski definition) is 0. The van der Waals surface area contributed by atoms with Gasteiger partial charge in [-0.25, -0.2) is 0 Å². The lowest BCUT2D eigenvalue weighted by Gasteiger charge is -2.33. The molecule has 0 heterocycles. The van der Waals surface area contributed by atoms with Gasteiger partial charge in [0.25, 0.3) is 0 Å². The molecule has 0 aromatic heterocycles. The van der Waals surface area contributed by atoms with Crippen molar-refractivity contribution >= 4 is 18.2 Å². The molecule has 0 aliphatic carbocycles. The van der Waals surface area contributed by atoms with Gasteiger partial charge in [-0.1, -0.05) is 157 Å². The van der Waals surface area contributed by atoms with Crippen LogP contribution in [-0.2, 0) is 0 Å². The molecular weight excluding hydrogens is 384 g/mol. The number of allylic oxidation sites excluding steroid dienone is 2. The molecule has 0 unspecified atom stereocenters. The summed E-state index contributed by atoms with van der Waals surface area (Å²) >= 11 is 0. The van der Waals surface area contributed by atoms with E-state index in [9.17, 15) is 0 Å². The molecule has 0 radical (unpaired) electrons. The van der Waals surface area contributed by atoms with Crippen molar-refractivity contribution in [3.05, 3.63) is 125 Å². The molecular formula is C32H38. The highest BCUT2D eigenvalue weighted by molar-refractivity contribution is 5.68. The zero-order chi connectivity index (χ0) is 23.6. The molecule has 3 aromatic carbocycles. The minimum absolute atomic E-state index is 0.0731. The fraction of sp³-hybridized carbons (Fsp3) is 0.250. The largest absolute Gasteiger partial charge is 0.0985 e. The predicted octanol–water partition coefficient (Wildman–Crippen LogP) is 9.58. The minimum Gasteiger partial charge on any atom is -0.0985 e. The van der Waals surface area contributed by atoms with Crippen molar-refractivity contribution in [3.63, 3.8) is 0 Å². The Morgan fingerprint density at radius 1 is 0.500 bits per heavy atom. The molecule has 0 amide bonds. The molecule has 0 bridgehead atoms. The van der Waals surface area contributed by atoms with Crippen LogP contribution >= 0.6 is 0 Å². The van der Waals surface area contributed by atoms with E-state index in [0.29, 0.717) is 0 Å². The van der Waals surface area contributed by atoms with Gasteiger partial charge in [0.15, 0.2) is 0 Å². The summed E-state index contributed by atoms with van der Waals surface area (Å²) in [5.41, 5.74) is 6.62. The molecule has 0 heteroatoms. The molecule has 0 aliphatic rings. The van der Waals surface area contributed by atoms with E-state index >= 15 is 0 Å². The molecule has 0 aliphatic heterocycles. The summed E-state index contributed by atoms with van der Waals surface area (Å²) in [7, 11) is 0. The fourth-order valence-electron chi connectivity index (χ4n) is 3.42. The van der Waals surface area contributed by atoms with Crippen molar-refractivity contribution in [1.29, 1.82) is 0 Å². The summed E-state index contributed by atoms with van der Waals surface area (Å²) in [5.74, 6) is 0. The Balaban J connectivity index is 0.000000380. The standard InChI is InChI=1S/C24H30.C8H8/c1-23(2,3)21(17-19-13-9-7-10-14-19)22(24(4,5)6)18-20-15-11-8-12-16-20;1-2-8-6-4-3-5-7-8/h7-18H,1-6H3;2-7H,1H2. The van der Waals surface area contributed by atoms with Crippen LogP contribution in [0.1, 0.15) is 58.2 Å². The van der Waals surface area contributed by atoms with E-state index in [2.05, 4.69) is 121 Å². The first-order chi connectivity index (χ1) is 15.1. The lowest BCUT2D eigenvalue weighted by atomic mass is 9.71. The first-order valence-corrected chi connectivity index (χ1v) is 11.3. The molecule has 0 spiro atoms. The Bertz CT molecular complexity index is 941. The Morgan fingerprint density at radius 3 is 1.00 bits per heavy atom. The van der Waals surface area contributed by atoms with Crippen molar-refractivity contribution in [2.24, 2.45) is 10.8 Å². The summed E-state index contributed by atoms with van der Waals surface area (Å²) in [6, 6.07) is 31.3. The van der Waals surface area contributed by atoms with Crippen LogP contribution < -0.4 is 0 Å². The van der Waals surface area contributed by atoms with Gasteiger partial charge in [0, 0.05) is 0 Å². The third kappa shape index (κ3) is 8.19. The smallest absolute Gasteiger partial charge is 0.0129 e. The van der Waals surface area contributed by atoms with Crippen LogP contribution in [0, 0.1) is 10.8 Å². The van der Waals surface area contributed by atoms with Crippen LogP contribution in [0.2, 0.25) is 0 Å². The van der Waals surface area contributed by atoms with Gasteiger partial charge in [-0.2, -0.15) is 0 Å². The van der Waals surface area contributed by atoms with Gasteiger partial charge in [-0.05, 0) is 38.7 Å². The maximum Gasteiger partial charge on any atom is -0.0129 e. The van der Waals surface area contributed by atoms with Gasteiger partial charge in [0.05, 0.1) is 0 Å². The Hall–Kier alpha value is -3.12. The number of rotatable bonds is 4. The molecule has 0 N–H and O–H groups in total. The molecule has 0 saturated heterocycles. The summed E-state index contributed by atoms with van der Waals surface area (Å²) in [5, 5.41) is 0. The molecule has 0 fully saturated rings. The van der Waals surface area contributed by atoms with Gasteiger partial charge in [0.2, 0.25) is 0 Å². The molecule has 166 valence electrons. The predicted molar refractivity (Wildman–Crippen MR) is 144 cm³/mol. The quantitative estimate of drug-likeness (QED) is 0.367. The highest BCUT2D eigenvalue weighted by atomic mass is 14.3. The third-order valence-corrected chi connectivity index (χ3v) is 5.16. The van der Waals surface area contributed by atoms with Crippen LogP contribution in [0.4, 0.5) is 0 Å². The lowest BCUT2D eigenvalue weighted by molar-refractivity contribution is 0.451. The summed E-state index contributed by atoms with van der Waals surface area (Å²) in [6.07, 6.45) is 6.53. The fourth-order valence-corrected chi connectivity index (χ4v) is 3.42. The van der Waals surface area contributed by atoms with Gasteiger partial charge in [-0.3, -0.25) is 0 Å². The van der Waals surface area contributed by atoms with E-state index in [4.69, 9.17) is 0 Å². The first-order valence-electron chi connectivity index (χ1n) is 11.3. The summed E-state index contributed by atoms with van der Waals surface area (Å²) in [6.45, 7) is 17.4. The van der Waals surface area contributed by atoms with E-state index in [-0.39, 0.29) is 10.8 Å². The molecule has 0 atom stereocenters. The van der Waals surface area contributed by atoms with Crippen LogP contribution in [-0.4, -0.2) is 0 Å². The van der Waals surface area contributed by atoms with E-state index < -0.39 is 0 Å². The summed E-state index contributed by atoms with van der Waals surface area (Å²) < 4.78 is 0. The molecule has 3 rings (SSSR count). The Labute approximate surface area is 196 Å². The normalized spacial score (nSPS) is 12.6. The molecule has 0 saturated carbocycles. The molecule has 3 aromatic rings. The molecule has 32 heavy (non-hydrogen) atoms. The van der Waals surface area contributed by atoms with E-state index in [1.165, 1.54) is 27.8 Å². The maximum absolute atomic E-state index is 3.63. The zero-order valence-electron chi connectivity index (χ0n) is 20.6. The van der Waals surface area contributed by atoms with Crippen molar-refractivity contribution in [2.75, 3.05) is 0 Å². The van der Waals surface area contributed by atoms with Crippen molar-refractivity contribution in [3.8, 4) is 0 Å². The van der Waals surface area contributed by atoms with Gasteiger partial charge < -0.3 is 0 Å². The highest BCUT2D eigenvalue weighted by Crippen LogP contribution is 2.42. The van der Waals surface area contributed by atoms with Crippen LogP contribution in [0.25, 0.3) is 18.2 Å². The molecule has 0 nitrogen and oxygen atoms in total. The van der Waals surface area contributed by atoms with Crippen molar-refractivity contribution in [1.82, 2.24) is 0 Å². The zero-order valence-corrected chi connectivity index (χ0v) is 20.6. The lowest BCUT2D eigenvalue weighted by Crippen LogP contribution is -2.20. The van der Waals surface area contributed by atoms with Gasteiger partial charge in [0.1, 0.15) is 0 Å². The van der Waals surface area contributed by atoms with Crippen molar-refractivity contribution in [2.45, 2.75) is 41.5 Å².